The summed E-state index contributed by atoms with van der Waals surface area (Å²) in [4.78, 5) is 4.88. The standard InChI is InChI=1S/C19H17ClN4S/c1-12-16-17(13-8-10-14(20)11-9-13)21-19(25-2)22-18(16)24(23-12)15-6-4-3-5-7-15/h3-11,17H,1-2H3,(H,21,22). The Morgan fingerprint density at radius 3 is 2.48 bits per heavy atom. The van der Waals surface area contributed by atoms with E-state index in [1.807, 2.05) is 60.3 Å². The molecule has 1 aliphatic rings. The molecule has 1 aliphatic heterocycles. The van der Waals surface area contributed by atoms with Crippen LogP contribution in [0.5, 0.6) is 0 Å². The molecule has 1 N–H and O–H groups in total. The molecule has 2 aromatic carbocycles. The molecule has 1 aromatic heterocycles. The van der Waals surface area contributed by atoms with Crippen molar-refractivity contribution >= 4 is 34.3 Å². The zero-order valence-corrected chi connectivity index (χ0v) is 15.5. The van der Waals surface area contributed by atoms with Gasteiger partial charge in [-0.05, 0) is 43.0 Å². The Labute approximate surface area is 155 Å². The minimum atomic E-state index is -0.0894. The average Bonchev–Trinajstić information content (AvgIpc) is 2.99. The molecular weight excluding hydrogens is 352 g/mol. The van der Waals surface area contributed by atoms with Crippen LogP contribution in [-0.2, 0) is 0 Å². The number of nitrogens with zero attached hydrogens (tertiary/aromatic N) is 3. The highest BCUT2D eigenvalue weighted by Crippen LogP contribution is 2.39. The Morgan fingerprint density at radius 2 is 1.80 bits per heavy atom. The number of hydrogen-bond donors (Lipinski definition) is 1. The van der Waals surface area contributed by atoms with Crippen molar-refractivity contribution in [1.82, 2.24) is 9.78 Å². The maximum Gasteiger partial charge on any atom is 0.162 e. The van der Waals surface area contributed by atoms with E-state index in [0.29, 0.717) is 0 Å². The summed E-state index contributed by atoms with van der Waals surface area (Å²) in [5.41, 5.74) is 4.20. The van der Waals surface area contributed by atoms with E-state index in [1.165, 1.54) is 0 Å². The van der Waals surface area contributed by atoms with Gasteiger partial charge in [0.2, 0.25) is 0 Å². The van der Waals surface area contributed by atoms with Crippen LogP contribution in [0.15, 0.2) is 59.6 Å². The van der Waals surface area contributed by atoms with Crippen molar-refractivity contribution in [1.29, 1.82) is 0 Å². The number of hydrogen-bond acceptors (Lipinski definition) is 4. The monoisotopic (exact) mass is 368 g/mol. The summed E-state index contributed by atoms with van der Waals surface area (Å²) in [6.45, 7) is 2.03. The lowest BCUT2D eigenvalue weighted by Gasteiger charge is -2.23. The van der Waals surface area contributed by atoms with Crippen LogP contribution < -0.4 is 5.32 Å². The second kappa shape index (κ2) is 6.58. The molecular formula is C19H17ClN4S. The molecule has 0 fully saturated rings. The number of aryl methyl sites for hydroxylation is 1. The Kier molecular flexibility index (Phi) is 4.27. The van der Waals surface area contributed by atoms with E-state index in [1.54, 1.807) is 11.8 Å². The fourth-order valence-electron chi connectivity index (χ4n) is 3.05. The van der Waals surface area contributed by atoms with Crippen molar-refractivity contribution < 1.29 is 0 Å². The van der Waals surface area contributed by atoms with Crippen LogP contribution in [0.3, 0.4) is 0 Å². The van der Waals surface area contributed by atoms with Crippen molar-refractivity contribution in [2.24, 2.45) is 4.99 Å². The molecule has 2 heterocycles. The summed E-state index contributed by atoms with van der Waals surface area (Å²) >= 11 is 7.65. The average molecular weight is 369 g/mol. The van der Waals surface area contributed by atoms with Gasteiger partial charge in [0.05, 0.1) is 11.4 Å². The maximum atomic E-state index is 6.05. The molecule has 1 unspecified atom stereocenters. The molecule has 0 bridgehead atoms. The lowest BCUT2D eigenvalue weighted by molar-refractivity contribution is 0.857. The number of thioether (sulfide) groups is 1. The van der Waals surface area contributed by atoms with Crippen LogP contribution in [0.4, 0.5) is 5.82 Å². The molecule has 1 atom stereocenters. The highest BCUT2D eigenvalue weighted by molar-refractivity contribution is 8.13. The van der Waals surface area contributed by atoms with Crippen molar-refractivity contribution in [2.75, 3.05) is 11.6 Å². The predicted molar refractivity (Wildman–Crippen MR) is 106 cm³/mol. The second-order valence-corrected chi connectivity index (χ2v) is 7.04. The number of benzene rings is 2. The SMILES string of the molecule is CSC1=NC(c2ccc(Cl)cc2)c2c(C)nn(-c3ccccc3)c2N1. The maximum absolute atomic E-state index is 6.05. The lowest BCUT2D eigenvalue weighted by Crippen LogP contribution is -2.20. The van der Waals surface area contributed by atoms with E-state index < -0.39 is 0 Å². The van der Waals surface area contributed by atoms with Gasteiger partial charge in [-0.25, -0.2) is 9.67 Å². The molecule has 4 rings (SSSR count). The third kappa shape index (κ3) is 2.94. The topological polar surface area (TPSA) is 42.2 Å². The fourth-order valence-corrected chi connectivity index (χ4v) is 3.58. The van der Waals surface area contributed by atoms with E-state index in [2.05, 4.69) is 17.4 Å². The Balaban J connectivity index is 1.88. The number of anilines is 1. The zero-order valence-electron chi connectivity index (χ0n) is 13.9. The van der Waals surface area contributed by atoms with Gasteiger partial charge < -0.3 is 5.32 Å². The normalized spacial score (nSPS) is 16.1. The predicted octanol–water partition coefficient (Wildman–Crippen LogP) is 5.07. The van der Waals surface area contributed by atoms with Crippen LogP contribution in [0.1, 0.15) is 22.9 Å². The largest absolute Gasteiger partial charge is 0.319 e. The molecule has 0 spiro atoms. The molecule has 0 aliphatic carbocycles. The smallest absolute Gasteiger partial charge is 0.162 e. The summed E-state index contributed by atoms with van der Waals surface area (Å²) in [6, 6.07) is 17.9. The number of fused-ring (bicyclic) bond motifs is 1. The number of aliphatic imine (C=N–C) groups is 1. The van der Waals surface area contributed by atoms with Gasteiger partial charge in [0.15, 0.2) is 5.17 Å². The van der Waals surface area contributed by atoms with Crippen LogP contribution in [0, 0.1) is 6.92 Å². The van der Waals surface area contributed by atoms with E-state index in [-0.39, 0.29) is 6.04 Å². The number of para-hydroxylation sites is 1. The van der Waals surface area contributed by atoms with Gasteiger partial charge in [0, 0.05) is 10.6 Å². The summed E-state index contributed by atoms with van der Waals surface area (Å²) in [6.07, 6.45) is 2.02. The van der Waals surface area contributed by atoms with Crippen LogP contribution in [0.25, 0.3) is 5.69 Å². The third-order valence-electron chi connectivity index (χ3n) is 4.23. The quantitative estimate of drug-likeness (QED) is 0.686. The van der Waals surface area contributed by atoms with Gasteiger partial charge in [-0.3, -0.25) is 0 Å². The molecule has 0 saturated carbocycles. The Hall–Kier alpha value is -2.24. The molecule has 0 radical (unpaired) electrons. The minimum absolute atomic E-state index is 0.0894. The lowest BCUT2D eigenvalue weighted by atomic mass is 9.98. The summed E-state index contributed by atoms with van der Waals surface area (Å²) < 4.78 is 1.96. The third-order valence-corrected chi connectivity index (χ3v) is 5.08. The first-order chi connectivity index (χ1) is 12.2. The van der Waals surface area contributed by atoms with Crippen LogP contribution in [-0.4, -0.2) is 21.2 Å². The number of amidine groups is 1. The summed E-state index contributed by atoms with van der Waals surface area (Å²) in [5, 5.41) is 9.81. The molecule has 25 heavy (non-hydrogen) atoms. The van der Waals surface area contributed by atoms with Crippen molar-refractivity contribution in [2.45, 2.75) is 13.0 Å². The minimum Gasteiger partial charge on any atom is -0.319 e. The molecule has 4 nitrogen and oxygen atoms in total. The van der Waals surface area contributed by atoms with E-state index in [0.717, 1.165) is 38.5 Å². The van der Waals surface area contributed by atoms with Gasteiger partial charge in [0.25, 0.3) is 0 Å². The van der Waals surface area contributed by atoms with Gasteiger partial charge in [0.1, 0.15) is 11.9 Å². The van der Waals surface area contributed by atoms with Crippen LogP contribution in [0.2, 0.25) is 5.02 Å². The molecule has 3 aromatic rings. The van der Waals surface area contributed by atoms with Gasteiger partial charge in [-0.2, -0.15) is 5.10 Å². The summed E-state index contributed by atoms with van der Waals surface area (Å²) in [7, 11) is 0. The van der Waals surface area contributed by atoms with E-state index in [4.69, 9.17) is 21.7 Å². The molecule has 0 saturated heterocycles. The van der Waals surface area contributed by atoms with Crippen LogP contribution >= 0.6 is 23.4 Å². The number of rotatable bonds is 2. The fraction of sp³-hybridized carbons (Fsp3) is 0.158. The number of nitrogens with one attached hydrogen (secondary N) is 1. The molecule has 126 valence electrons. The van der Waals surface area contributed by atoms with Crippen molar-refractivity contribution in [3.63, 3.8) is 0 Å². The number of aromatic nitrogens is 2. The molecule has 6 heteroatoms. The first-order valence-electron chi connectivity index (χ1n) is 7.96. The van der Waals surface area contributed by atoms with E-state index >= 15 is 0 Å². The first kappa shape index (κ1) is 16.2. The van der Waals surface area contributed by atoms with E-state index in [9.17, 15) is 0 Å². The van der Waals surface area contributed by atoms with Crippen molar-refractivity contribution in [3.8, 4) is 5.69 Å². The molecule has 0 amide bonds. The van der Waals surface area contributed by atoms with Gasteiger partial charge >= 0.3 is 0 Å². The Morgan fingerprint density at radius 1 is 1.08 bits per heavy atom. The zero-order chi connectivity index (χ0) is 17.4. The van der Waals surface area contributed by atoms with Crippen molar-refractivity contribution in [3.05, 3.63) is 76.4 Å². The second-order valence-electron chi connectivity index (χ2n) is 5.81. The van der Waals surface area contributed by atoms with Gasteiger partial charge in [-0.1, -0.05) is 53.7 Å². The highest BCUT2D eigenvalue weighted by Gasteiger charge is 2.29. The highest BCUT2D eigenvalue weighted by atomic mass is 35.5. The first-order valence-corrected chi connectivity index (χ1v) is 9.57. The summed E-state index contributed by atoms with van der Waals surface area (Å²) in [5.74, 6) is 0.975. The number of halogens is 1. The Bertz CT molecular complexity index is 932. The van der Waals surface area contributed by atoms with Gasteiger partial charge in [-0.15, -0.1) is 0 Å².